The average Bonchev–Trinajstić information content (AvgIpc) is 3.23. The van der Waals surface area contributed by atoms with E-state index < -0.39 is 0 Å². The lowest BCUT2D eigenvalue weighted by atomic mass is 10.2. The zero-order valence-electron chi connectivity index (χ0n) is 13.9. The van der Waals surface area contributed by atoms with Gasteiger partial charge in [0.15, 0.2) is 5.58 Å². The number of furan rings is 1. The Hall–Kier alpha value is -3.05. The molecule has 0 aliphatic heterocycles. The highest BCUT2D eigenvalue weighted by Gasteiger charge is 2.17. The number of amides is 1. The third kappa shape index (κ3) is 3.34. The summed E-state index contributed by atoms with van der Waals surface area (Å²) in [6.45, 7) is 0.965. The first-order valence-electron chi connectivity index (χ1n) is 8.19. The fourth-order valence-corrected chi connectivity index (χ4v) is 3.14. The molecule has 0 bridgehead atoms. The molecule has 5 nitrogen and oxygen atoms in total. The number of aromatic nitrogens is 2. The Labute approximate surface area is 155 Å². The SMILES string of the molecule is O=C(NCc1ccncc1)c1cc2occc2n1Cc1cccc(Cl)c1. The largest absolute Gasteiger partial charge is 0.463 e. The number of nitrogens with one attached hydrogen (secondary N) is 1. The lowest BCUT2D eigenvalue weighted by Crippen LogP contribution is -2.25. The van der Waals surface area contributed by atoms with Crippen molar-refractivity contribution in [2.24, 2.45) is 0 Å². The summed E-state index contributed by atoms with van der Waals surface area (Å²) in [5, 5.41) is 3.62. The first-order valence-corrected chi connectivity index (χ1v) is 8.57. The second-order valence-corrected chi connectivity index (χ2v) is 6.39. The topological polar surface area (TPSA) is 60.1 Å². The predicted molar refractivity (Wildman–Crippen MR) is 100 cm³/mol. The van der Waals surface area contributed by atoms with Crippen molar-refractivity contribution in [2.75, 3.05) is 0 Å². The van der Waals surface area contributed by atoms with Crippen LogP contribution in [0.25, 0.3) is 11.1 Å². The number of hydrogen-bond donors (Lipinski definition) is 1. The van der Waals surface area contributed by atoms with Gasteiger partial charge in [0.2, 0.25) is 0 Å². The van der Waals surface area contributed by atoms with Crippen LogP contribution in [-0.2, 0) is 13.1 Å². The van der Waals surface area contributed by atoms with Gasteiger partial charge in [0.25, 0.3) is 5.91 Å². The molecule has 3 aromatic heterocycles. The Balaban J connectivity index is 1.62. The molecular weight excluding hydrogens is 350 g/mol. The Kier molecular flexibility index (Phi) is 4.46. The molecule has 6 heteroatoms. The summed E-state index contributed by atoms with van der Waals surface area (Å²) in [5.74, 6) is -0.157. The summed E-state index contributed by atoms with van der Waals surface area (Å²) in [7, 11) is 0. The van der Waals surface area contributed by atoms with Crippen LogP contribution in [0, 0.1) is 0 Å². The summed E-state index contributed by atoms with van der Waals surface area (Å²) in [4.78, 5) is 16.7. The smallest absolute Gasteiger partial charge is 0.268 e. The lowest BCUT2D eigenvalue weighted by Gasteiger charge is -2.11. The van der Waals surface area contributed by atoms with Crippen LogP contribution in [0.1, 0.15) is 21.6 Å². The van der Waals surface area contributed by atoms with E-state index >= 15 is 0 Å². The molecule has 0 saturated heterocycles. The standard InChI is InChI=1S/C20H16ClN3O2/c21-16-3-1-2-15(10-16)13-24-17-6-9-26-19(17)11-18(24)20(25)23-12-14-4-7-22-8-5-14/h1-11H,12-13H2,(H,23,25). The molecule has 26 heavy (non-hydrogen) atoms. The average molecular weight is 366 g/mol. The molecule has 3 heterocycles. The van der Waals surface area contributed by atoms with Crippen LogP contribution in [0.5, 0.6) is 0 Å². The predicted octanol–water partition coefficient (Wildman–Crippen LogP) is 4.26. The van der Waals surface area contributed by atoms with Crippen molar-refractivity contribution in [1.82, 2.24) is 14.9 Å². The van der Waals surface area contributed by atoms with Gasteiger partial charge < -0.3 is 14.3 Å². The molecule has 0 aliphatic carbocycles. The summed E-state index contributed by atoms with van der Waals surface area (Å²) < 4.78 is 7.42. The summed E-state index contributed by atoms with van der Waals surface area (Å²) in [6.07, 6.45) is 5.03. The minimum atomic E-state index is -0.157. The lowest BCUT2D eigenvalue weighted by molar-refractivity contribution is 0.0942. The highest BCUT2D eigenvalue weighted by Crippen LogP contribution is 2.23. The third-order valence-electron chi connectivity index (χ3n) is 4.19. The van der Waals surface area contributed by atoms with Crippen LogP contribution >= 0.6 is 11.6 Å². The number of pyridine rings is 1. The van der Waals surface area contributed by atoms with E-state index in [1.165, 1.54) is 0 Å². The summed E-state index contributed by atoms with van der Waals surface area (Å²) >= 11 is 6.09. The fraction of sp³-hybridized carbons (Fsp3) is 0.100. The van der Waals surface area contributed by atoms with Gasteiger partial charge in [-0.2, -0.15) is 0 Å². The molecule has 0 atom stereocenters. The molecule has 130 valence electrons. The molecule has 0 aliphatic rings. The van der Waals surface area contributed by atoms with E-state index in [0.717, 1.165) is 16.6 Å². The number of hydrogen-bond acceptors (Lipinski definition) is 3. The van der Waals surface area contributed by atoms with Crippen LogP contribution in [0.2, 0.25) is 5.02 Å². The molecule has 0 fully saturated rings. The van der Waals surface area contributed by atoms with Gasteiger partial charge in [-0.3, -0.25) is 9.78 Å². The van der Waals surface area contributed by atoms with Crippen molar-refractivity contribution in [3.63, 3.8) is 0 Å². The van der Waals surface area contributed by atoms with Crippen molar-refractivity contribution in [3.8, 4) is 0 Å². The maximum absolute atomic E-state index is 12.7. The highest BCUT2D eigenvalue weighted by molar-refractivity contribution is 6.30. The molecule has 4 rings (SSSR count). The number of halogens is 1. The Bertz CT molecular complexity index is 1050. The van der Waals surface area contributed by atoms with E-state index in [1.54, 1.807) is 24.7 Å². The maximum atomic E-state index is 12.7. The van der Waals surface area contributed by atoms with Crippen molar-refractivity contribution in [2.45, 2.75) is 13.1 Å². The second-order valence-electron chi connectivity index (χ2n) is 5.95. The minimum absolute atomic E-state index is 0.157. The third-order valence-corrected chi connectivity index (χ3v) is 4.42. The fourth-order valence-electron chi connectivity index (χ4n) is 2.93. The molecule has 1 aromatic carbocycles. The van der Waals surface area contributed by atoms with Gasteiger partial charge in [0.05, 0.1) is 11.8 Å². The maximum Gasteiger partial charge on any atom is 0.268 e. The quantitative estimate of drug-likeness (QED) is 0.574. The zero-order valence-corrected chi connectivity index (χ0v) is 14.6. The van der Waals surface area contributed by atoms with Gasteiger partial charge in [0.1, 0.15) is 5.69 Å². The van der Waals surface area contributed by atoms with Crippen LogP contribution < -0.4 is 5.32 Å². The van der Waals surface area contributed by atoms with Gasteiger partial charge in [-0.05, 0) is 35.4 Å². The number of carbonyl (C=O) groups excluding carboxylic acids is 1. The molecular formula is C20H16ClN3O2. The highest BCUT2D eigenvalue weighted by atomic mass is 35.5. The first-order chi connectivity index (χ1) is 12.7. The van der Waals surface area contributed by atoms with Crippen molar-refractivity contribution in [3.05, 3.63) is 89.0 Å². The Morgan fingerprint density at radius 3 is 2.77 bits per heavy atom. The van der Waals surface area contributed by atoms with Crippen LogP contribution in [0.3, 0.4) is 0 Å². The van der Waals surface area contributed by atoms with Crippen molar-refractivity contribution in [1.29, 1.82) is 0 Å². The monoisotopic (exact) mass is 365 g/mol. The van der Waals surface area contributed by atoms with Gasteiger partial charge in [-0.25, -0.2) is 0 Å². The second kappa shape index (κ2) is 7.06. The van der Waals surface area contributed by atoms with Crippen molar-refractivity contribution >= 4 is 28.6 Å². The van der Waals surface area contributed by atoms with Gasteiger partial charge >= 0.3 is 0 Å². The van der Waals surface area contributed by atoms with E-state index in [4.69, 9.17) is 16.0 Å². The Morgan fingerprint density at radius 2 is 1.96 bits per heavy atom. The zero-order chi connectivity index (χ0) is 17.9. The first kappa shape index (κ1) is 16.4. The number of carbonyl (C=O) groups is 1. The van der Waals surface area contributed by atoms with Crippen LogP contribution in [0.15, 0.2) is 71.6 Å². The molecule has 0 saturated carbocycles. The summed E-state index contributed by atoms with van der Waals surface area (Å²) in [5.41, 5.74) is 4.11. The van der Waals surface area contributed by atoms with E-state index in [2.05, 4.69) is 10.3 Å². The van der Waals surface area contributed by atoms with E-state index in [1.807, 2.05) is 47.0 Å². The molecule has 0 unspecified atom stereocenters. The molecule has 4 aromatic rings. The molecule has 1 amide bonds. The van der Waals surface area contributed by atoms with Gasteiger partial charge in [0, 0.05) is 42.6 Å². The Morgan fingerprint density at radius 1 is 1.12 bits per heavy atom. The molecule has 0 radical (unpaired) electrons. The van der Waals surface area contributed by atoms with E-state index in [-0.39, 0.29) is 5.91 Å². The van der Waals surface area contributed by atoms with E-state index in [0.29, 0.717) is 29.4 Å². The summed E-state index contributed by atoms with van der Waals surface area (Å²) in [6, 6.07) is 15.0. The van der Waals surface area contributed by atoms with Gasteiger partial charge in [-0.1, -0.05) is 23.7 Å². The minimum Gasteiger partial charge on any atom is -0.463 e. The van der Waals surface area contributed by atoms with E-state index in [9.17, 15) is 4.79 Å². The number of benzene rings is 1. The normalized spacial score (nSPS) is 11.0. The molecule has 1 N–H and O–H groups in total. The number of nitrogens with zero attached hydrogens (tertiary/aromatic N) is 2. The molecule has 0 spiro atoms. The number of rotatable bonds is 5. The van der Waals surface area contributed by atoms with Crippen LogP contribution in [0.4, 0.5) is 0 Å². The number of fused-ring (bicyclic) bond motifs is 1. The van der Waals surface area contributed by atoms with Crippen LogP contribution in [-0.4, -0.2) is 15.5 Å². The van der Waals surface area contributed by atoms with Gasteiger partial charge in [-0.15, -0.1) is 0 Å². The van der Waals surface area contributed by atoms with Crippen molar-refractivity contribution < 1.29 is 9.21 Å².